The van der Waals surface area contributed by atoms with Crippen LogP contribution in [0, 0.1) is 0 Å². The Morgan fingerprint density at radius 2 is 1.05 bits per heavy atom. The quantitative estimate of drug-likeness (QED) is 0.0147. The van der Waals surface area contributed by atoms with Gasteiger partial charge >= 0.3 is 11.9 Å². The predicted molar refractivity (Wildman–Crippen MR) is 249 cm³/mol. The number of quaternary nitrogens is 1. The molecule has 4 atom stereocenters. The maximum absolute atomic E-state index is 12.7. The van der Waals surface area contributed by atoms with Crippen molar-refractivity contribution in [3.63, 3.8) is 0 Å². The number of unbranched alkanes of at least 4 members (excludes halogenated alkanes) is 22. The molecule has 0 saturated carbocycles. The Morgan fingerprint density at radius 1 is 0.590 bits per heavy atom. The van der Waals surface area contributed by atoms with Gasteiger partial charge in [0.1, 0.15) is 19.8 Å². The smallest absolute Gasteiger partial charge is 0.306 e. The summed E-state index contributed by atoms with van der Waals surface area (Å²) in [6.07, 6.45) is 46.4. The van der Waals surface area contributed by atoms with Crippen LogP contribution in [0.5, 0.6) is 0 Å². The number of ether oxygens (including phenoxy) is 3. The zero-order valence-corrected chi connectivity index (χ0v) is 40.7. The minimum absolute atomic E-state index is 0.0427. The number of hydrogen-bond acceptors (Lipinski definition) is 9. The van der Waals surface area contributed by atoms with Crippen molar-refractivity contribution in [2.24, 2.45) is 0 Å². The lowest BCUT2D eigenvalue weighted by Crippen LogP contribution is -2.37. The fraction of sp³-hybridized carbons (Fsp3) is 0.840. The van der Waals surface area contributed by atoms with Crippen LogP contribution < -0.4 is 4.89 Å². The lowest BCUT2D eigenvalue weighted by atomic mass is 10.0. The minimum atomic E-state index is -4.65. The van der Waals surface area contributed by atoms with Crippen LogP contribution in [0.15, 0.2) is 36.5 Å². The number of phosphoric ester groups is 1. The number of epoxide rings is 1. The number of nitrogens with zero attached hydrogens (tertiary/aromatic N) is 1. The Hall–Kier alpha value is -1.81. The lowest BCUT2D eigenvalue weighted by molar-refractivity contribution is -0.870. The van der Waals surface area contributed by atoms with Gasteiger partial charge in [0.2, 0.25) is 0 Å². The van der Waals surface area contributed by atoms with E-state index >= 15 is 0 Å². The van der Waals surface area contributed by atoms with E-state index in [1.165, 1.54) is 122 Å². The van der Waals surface area contributed by atoms with Crippen LogP contribution in [0.4, 0.5) is 0 Å². The lowest BCUT2D eigenvalue weighted by Gasteiger charge is -2.28. The van der Waals surface area contributed by atoms with E-state index in [1.54, 1.807) is 0 Å². The molecule has 3 unspecified atom stereocenters. The SMILES string of the molecule is CCCCC/C=C\CC1OC1C/C=C\C/C=C\CCCC(=O)O[C@H](COC(=O)CCCCCCCCCCCCCCCCCCCCC)COP(=O)([O-])OCC[N+](C)(C)C. The van der Waals surface area contributed by atoms with Gasteiger partial charge in [-0.1, -0.05) is 179 Å². The Bertz CT molecular complexity index is 1200. The van der Waals surface area contributed by atoms with Crippen molar-refractivity contribution >= 4 is 19.8 Å². The molecule has 1 heterocycles. The maximum atomic E-state index is 12.7. The highest BCUT2D eigenvalue weighted by Gasteiger charge is 2.36. The van der Waals surface area contributed by atoms with Crippen LogP contribution in [0.3, 0.4) is 0 Å². The predicted octanol–water partition coefficient (Wildman–Crippen LogP) is 12.8. The summed E-state index contributed by atoms with van der Waals surface area (Å²) in [5, 5.41) is 0. The first kappa shape index (κ1) is 57.2. The van der Waals surface area contributed by atoms with Gasteiger partial charge in [-0.3, -0.25) is 14.2 Å². The zero-order valence-electron chi connectivity index (χ0n) is 39.8. The van der Waals surface area contributed by atoms with Gasteiger partial charge in [0, 0.05) is 12.8 Å². The molecule has 356 valence electrons. The molecule has 0 aromatic rings. The summed E-state index contributed by atoms with van der Waals surface area (Å²) in [4.78, 5) is 37.7. The molecule has 0 aliphatic carbocycles. The third kappa shape index (κ3) is 39.5. The molecule has 0 bridgehead atoms. The number of phosphoric acid groups is 1. The summed E-state index contributed by atoms with van der Waals surface area (Å²) in [7, 11) is 1.13. The van der Waals surface area contributed by atoms with Gasteiger partial charge in [0.05, 0.1) is 40.0 Å². The summed E-state index contributed by atoms with van der Waals surface area (Å²) < 4.78 is 39.7. The maximum Gasteiger partial charge on any atom is 0.306 e. The van der Waals surface area contributed by atoms with Crippen molar-refractivity contribution in [3.8, 4) is 0 Å². The Balaban J connectivity index is 2.26. The van der Waals surface area contributed by atoms with E-state index in [0.717, 1.165) is 44.9 Å². The monoisotopic (exact) mass is 882 g/mol. The number of carbonyl (C=O) groups is 2. The largest absolute Gasteiger partial charge is 0.756 e. The van der Waals surface area contributed by atoms with E-state index in [2.05, 4.69) is 44.2 Å². The number of carbonyl (C=O) groups excluding carboxylic acids is 2. The third-order valence-electron chi connectivity index (χ3n) is 11.1. The molecule has 0 radical (unpaired) electrons. The van der Waals surface area contributed by atoms with Gasteiger partial charge in [0.15, 0.2) is 6.10 Å². The molecule has 1 rings (SSSR count). The number of esters is 2. The van der Waals surface area contributed by atoms with Gasteiger partial charge in [-0.2, -0.15) is 0 Å². The van der Waals surface area contributed by atoms with Gasteiger partial charge in [-0.25, -0.2) is 0 Å². The molecule has 0 aromatic carbocycles. The van der Waals surface area contributed by atoms with Crippen molar-refractivity contribution in [1.29, 1.82) is 0 Å². The first-order valence-corrected chi connectivity index (χ1v) is 26.3. The molecule has 0 spiro atoms. The first-order chi connectivity index (χ1) is 29.5. The Morgan fingerprint density at radius 3 is 1.61 bits per heavy atom. The van der Waals surface area contributed by atoms with Crippen LogP contribution in [0.25, 0.3) is 0 Å². The van der Waals surface area contributed by atoms with Gasteiger partial charge in [-0.15, -0.1) is 0 Å². The van der Waals surface area contributed by atoms with Gasteiger partial charge in [0.25, 0.3) is 7.82 Å². The molecule has 1 fully saturated rings. The molecular weight excluding hydrogens is 790 g/mol. The number of allylic oxidation sites excluding steroid dienone is 4. The number of hydrogen-bond donors (Lipinski definition) is 0. The van der Waals surface area contributed by atoms with E-state index in [-0.39, 0.29) is 26.1 Å². The topological polar surface area (TPSA) is 124 Å². The standard InChI is InChI=1S/C50H92NO9P/c1-6-8-10-12-14-15-16-17-18-19-20-21-22-23-24-25-28-32-36-40-49(52)56-44-46(45-58-61(54,55)57-43-42-51(3,4)5)59-50(53)41-37-33-29-26-27-31-35-39-48-47(60-48)38-34-30-13-11-9-7-2/h26,29-31,34-35,46-48H,6-25,27-28,32-33,36-45H2,1-5H3/b29-26-,34-30-,35-31-/t46-,47?,48?/m1/s1. The van der Waals surface area contributed by atoms with Crippen molar-refractivity contribution in [3.05, 3.63) is 36.5 Å². The van der Waals surface area contributed by atoms with Crippen LogP contribution in [0.2, 0.25) is 0 Å². The second-order valence-electron chi connectivity index (χ2n) is 18.2. The van der Waals surface area contributed by atoms with Crippen LogP contribution in [-0.2, 0) is 37.4 Å². The van der Waals surface area contributed by atoms with E-state index < -0.39 is 32.5 Å². The average Bonchev–Trinajstić information content (AvgIpc) is 3.97. The van der Waals surface area contributed by atoms with Gasteiger partial charge in [-0.05, 0) is 51.4 Å². The Labute approximate surface area is 374 Å². The third-order valence-corrected chi connectivity index (χ3v) is 12.0. The van der Waals surface area contributed by atoms with E-state index in [0.29, 0.717) is 36.1 Å². The molecule has 0 N–H and O–H groups in total. The summed E-state index contributed by atoms with van der Waals surface area (Å²) in [6, 6.07) is 0. The normalized spacial score (nSPS) is 17.1. The van der Waals surface area contributed by atoms with Crippen molar-refractivity contribution in [1.82, 2.24) is 0 Å². The van der Waals surface area contributed by atoms with Crippen LogP contribution >= 0.6 is 7.82 Å². The average molecular weight is 882 g/mol. The summed E-state index contributed by atoms with van der Waals surface area (Å²) in [5.74, 6) is -0.898. The first-order valence-electron chi connectivity index (χ1n) is 24.8. The highest BCUT2D eigenvalue weighted by molar-refractivity contribution is 7.45. The molecule has 0 amide bonds. The van der Waals surface area contributed by atoms with E-state index in [1.807, 2.05) is 27.2 Å². The minimum Gasteiger partial charge on any atom is -0.756 e. The van der Waals surface area contributed by atoms with Crippen LogP contribution in [-0.4, -0.2) is 82.2 Å². The molecule has 1 aliphatic rings. The zero-order chi connectivity index (χ0) is 44.7. The molecular formula is C50H92NO9P. The summed E-state index contributed by atoms with van der Waals surface area (Å²) in [5.41, 5.74) is 0. The van der Waals surface area contributed by atoms with Gasteiger partial charge < -0.3 is 32.6 Å². The number of likely N-dealkylation sites (N-methyl/N-ethyl adjacent to an activating group) is 1. The highest BCUT2D eigenvalue weighted by atomic mass is 31.2. The molecule has 10 nitrogen and oxygen atoms in total. The van der Waals surface area contributed by atoms with Crippen molar-refractivity contribution < 1.29 is 46.8 Å². The van der Waals surface area contributed by atoms with E-state index in [4.69, 9.17) is 23.3 Å². The molecule has 61 heavy (non-hydrogen) atoms. The Kier molecular flexibility index (Phi) is 36.2. The summed E-state index contributed by atoms with van der Waals surface area (Å²) >= 11 is 0. The van der Waals surface area contributed by atoms with E-state index in [9.17, 15) is 19.0 Å². The molecule has 0 aromatic heterocycles. The summed E-state index contributed by atoms with van der Waals surface area (Å²) in [6.45, 7) is 4.15. The molecule has 1 saturated heterocycles. The second kappa shape index (κ2) is 38.6. The van der Waals surface area contributed by atoms with Crippen molar-refractivity contribution in [2.75, 3.05) is 47.5 Å². The fourth-order valence-corrected chi connectivity index (χ4v) is 7.77. The molecule has 11 heteroatoms. The molecule has 1 aliphatic heterocycles. The van der Waals surface area contributed by atoms with Crippen molar-refractivity contribution in [2.45, 2.75) is 225 Å². The van der Waals surface area contributed by atoms with Crippen LogP contribution in [0.1, 0.15) is 206 Å². The highest BCUT2D eigenvalue weighted by Crippen LogP contribution is 2.38. The second-order valence-corrected chi connectivity index (χ2v) is 19.6. The number of rotatable bonds is 44. The fourth-order valence-electron chi connectivity index (χ4n) is 7.04.